The van der Waals surface area contributed by atoms with E-state index in [0.717, 1.165) is 57.6 Å². The summed E-state index contributed by atoms with van der Waals surface area (Å²) in [5.74, 6) is 1.09. The number of hydrogen-bond acceptors (Lipinski definition) is 4. The molecule has 3 fully saturated rings. The average Bonchev–Trinajstić information content (AvgIpc) is 3.14. The largest absolute Gasteiger partial charge is 0.489 e. The van der Waals surface area contributed by atoms with Gasteiger partial charge >= 0.3 is 0 Å². The first-order valence-corrected chi connectivity index (χ1v) is 10.6. The highest BCUT2D eigenvalue weighted by Crippen LogP contribution is 2.29. The van der Waals surface area contributed by atoms with Crippen LogP contribution in [0, 0.1) is 0 Å². The van der Waals surface area contributed by atoms with Crippen molar-refractivity contribution in [1.82, 2.24) is 10.2 Å². The van der Waals surface area contributed by atoms with Crippen LogP contribution < -0.4 is 10.1 Å². The molecule has 3 aliphatic rings. The lowest BCUT2D eigenvalue weighted by Crippen LogP contribution is -2.51. The molecule has 5 nitrogen and oxygen atoms in total. The molecule has 1 aliphatic carbocycles. The van der Waals surface area contributed by atoms with E-state index in [1.54, 1.807) is 0 Å². The van der Waals surface area contributed by atoms with E-state index < -0.39 is 0 Å². The Bertz CT molecular complexity index is 597. The number of amides is 1. The van der Waals surface area contributed by atoms with Gasteiger partial charge in [-0.05, 0) is 37.8 Å². The van der Waals surface area contributed by atoms with Crippen molar-refractivity contribution in [2.24, 2.45) is 0 Å². The zero-order chi connectivity index (χ0) is 18.5. The molecule has 148 valence electrons. The van der Waals surface area contributed by atoms with Gasteiger partial charge < -0.3 is 14.8 Å². The van der Waals surface area contributed by atoms with Crippen LogP contribution in [0.3, 0.4) is 0 Å². The Morgan fingerprint density at radius 2 is 1.78 bits per heavy atom. The molecule has 5 heteroatoms. The Hall–Kier alpha value is -1.59. The van der Waals surface area contributed by atoms with Gasteiger partial charge in [-0.1, -0.05) is 37.5 Å². The second-order valence-corrected chi connectivity index (χ2v) is 8.19. The summed E-state index contributed by atoms with van der Waals surface area (Å²) in [6.45, 7) is 2.41. The number of nitrogens with zero attached hydrogens (tertiary/aromatic N) is 1. The van der Waals surface area contributed by atoms with Gasteiger partial charge in [0.05, 0.1) is 6.04 Å². The van der Waals surface area contributed by atoms with Crippen molar-refractivity contribution >= 4 is 5.91 Å². The van der Waals surface area contributed by atoms with E-state index in [-0.39, 0.29) is 18.1 Å². The van der Waals surface area contributed by atoms with Gasteiger partial charge in [0, 0.05) is 38.3 Å². The highest BCUT2D eigenvalue weighted by molar-refractivity contribution is 5.82. The Balaban J connectivity index is 1.42. The van der Waals surface area contributed by atoms with Crippen molar-refractivity contribution in [2.75, 3.05) is 19.8 Å². The summed E-state index contributed by atoms with van der Waals surface area (Å²) in [5, 5.41) is 3.35. The molecule has 2 unspecified atom stereocenters. The molecule has 2 atom stereocenters. The van der Waals surface area contributed by atoms with Gasteiger partial charge in [0.15, 0.2) is 0 Å². The van der Waals surface area contributed by atoms with Crippen LogP contribution in [-0.2, 0) is 9.53 Å². The normalized spacial score (nSPS) is 28.1. The van der Waals surface area contributed by atoms with E-state index in [2.05, 4.69) is 10.2 Å². The molecule has 2 heterocycles. The van der Waals surface area contributed by atoms with E-state index in [4.69, 9.17) is 9.47 Å². The lowest BCUT2D eigenvalue weighted by atomic mass is 9.95. The SMILES string of the molecule is O=C(NC1CCCCC1)C1CC(Oc2ccccc2)CN1C1CCOCC1. The van der Waals surface area contributed by atoms with Crippen LogP contribution in [0.15, 0.2) is 30.3 Å². The predicted octanol–water partition coefficient (Wildman–Crippen LogP) is 3.14. The summed E-state index contributed by atoms with van der Waals surface area (Å²) < 4.78 is 11.8. The molecule has 2 saturated heterocycles. The fourth-order valence-electron chi connectivity index (χ4n) is 4.82. The summed E-state index contributed by atoms with van der Waals surface area (Å²) >= 11 is 0. The van der Waals surface area contributed by atoms with E-state index in [0.29, 0.717) is 12.1 Å². The zero-order valence-corrected chi connectivity index (χ0v) is 16.1. The predicted molar refractivity (Wildman–Crippen MR) is 105 cm³/mol. The highest BCUT2D eigenvalue weighted by atomic mass is 16.5. The van der Waals surface area contributed by atoms with Crippen LogP contribution in [0.2, 0.25) is 0 Å². The van der Waals surface area contributed by atoms with Crippen LogP contribution in [0.1, 0.15) is 51.4 Å². The number of hydrogen-bond donors (Lipinski definition) is 1. The fourth-order valence-corrected chi connectivity index (χ4v) is 4.82. The third-order valence-electron chi connectivity index (χ3n) is 6.26. The minimum atomic E-state index is -0.0799. The van der Waals surface area contributed by atoms with E-state index >= 15 is 0 Å². The minimum Gasteiger partial charge on any atom is -0.489 e. The molecule has 1 aromatic carbocycles. The second-order valence-electron chi connectivity index (χ2n) is 8.19. The standard InChI is InChI=1S/C22H32N2O3/c25-22(23-17-7-3-1-4-8-17)21-15-20(27-19-9-5-2-6-10-19)16-24(21)18-11-13-26-14-12-18/h2,5-6,9-10,17-18,20-21H,1,3-4,7-8,11-16H2,(H,23,25). The van der Waals surface area contributed by atoms with Crippen LogP contribution in [0.5, 0.6) is 5.75 Å². The van der Waals surface area contributed by atoms with Crippen molar-refractivity contribution in [2.45, 2.75) is 75.6 Å². The van der Waals surface area contributed by atoms with Gasteiger partial charge in [0.1, 0.15) is 11.9 Å². The maximum Gasteiger partial charge on any atom is 0.237 e. The Morgan fingerprint density at radius 3 is 2.52 bits per heavy atom. The van der Waals surface area contributed by atoms with Gasteiger partial charge in [-0.3, -0.25) is 9.69 Å². The molecule has 1 N–H and O–H groups in total. The average molecular weight is 373 g/mol. The van der Waals surface area contributed by atoms with Crippen LogP contribution in [0.4, 0.5) is 0 Å². The van der Waals surface area contributed by atoms with E-state index in [1.807, 2.05) is 30.3 Å². The van der Waals surface area contributed by atoms with Gasteiger partial charge in [-0.15, -0.1) is 0 Å². The fraction of sp³-hybridized carbons (Fsp3) is 0.682. The lowest BCUT2D eigenvalue weighted by Gasteiger charge is -2.35. The quantitative estimate of drug-likeness (QED) is 0.863. The van der Waals surface area contributed by atoms with Crippen LogP contribution >= 0.6 is 0 Å². The first-order chi connectivity index (χ1) is 13.3. The number of ether oxygens (including phenoxy) is 2. The van der Waals surface area contributed by atoms with Gasteiger partial charge in [0.2, 0.25) is 5.91 Å². The molecule has 1 saturated carbocycles. The van der Waals surface area contributed by atoms with Crippen molar-refractivity contribution in [3.8, 4) is 5.75 Å². The summed E-state index contributed by atoms with van der Waals surface area (Å²) in [5.41, 5.74) is 0. The number of benzene rings is 1. The first-order valence-electron chi connectivity index (χ1n) is 10.6. The summed E-state index contributed by atoms with van der Waals surface area (Å²) in [6.07, 6.45) is 8.87. The van der Waals surface area contributed by atoms with E-state index in [9.17, 15) is 4.79 Å². The van der Waals surface area contributed by atoms with Gasteiger partial charge in [-0.2, -0.15) is 0 Å². The third kappa shape index (κ3) is 4.82. The molecule has 2 aliphatic heterocycles. The van der Waals surface area contributed by atoms with E-state index in [1.165, 1.54) is 19.3 Å². The number of para-hydroxylation sites is 1. The van der Waals surface area contributed by atoms with Crippen molar-refractivity contribution in [3.05, 3.63) is 30.3 Å². The molecule has 0 bridgehead atoms. The smallest absolute Gasteiger partial charge is 0.237 e. The molecule has 0 spiro atoms. The summed E-state index contributed by atoms with van der Waals surface area (Å²) in [7, 11) is 0. The third-order valence-corrected chi connectivity index (χ3v) is 6.26. The Kier molecular flexibility index (Phi) is 6.30. The molecular weight excluding hydrogens is 340 g/mol. The van der Waals surface area contributed by atoms with Gasteiger partial charge in [-0.25, -0.2) is 0 Å². The monoisotopic (exact) mass is 372 g/mol. The molecule has 1 aromatic rings. The Labute approximate surface area is 162 Å². The molecule has 4 rings (SSSR count). The number of likely N-dealkylation sites (tertiary alicyclic amines) is 1. The summed E-state index contributed by atoms with van der Waals surface area (Å²) in [6, 6.07) is 10.7. The maximum absolute atomic E-state index is 13.1. The topological polar surface area (TPSA) is 50.8 Å². The van der Waals surface area contributed by atoms with Crippen LogP contribution in [0.25, 0.3) is 0 Å². The summed E-state index contributed by atoms with van der Waals surface area (Å²) in [4.78, 5) is 15.5. The van der Waals surface area contributed by atoms with Gasteiger partial charge in [0.25, 0.3) is 0 Å². The number of rotatable bonds is 5. The number of carbonyl (C=O) groups excluding carboxylic acids is 1. The van der Waals surface area contributed by atoms with Crippen molar-refractivity contribution in [3.63, 3.8) is 0 Å². The number of carbonyl (C=O) groups is 1. The number of nitrogens with one attached hydrogen (secondary N) is 1. The van der Waals surface area contributed by atoms with Crippen molar-refractivity contribution < 1.29 is 14.3 Å². The first kappa shape index (κ1) is 18.8. The molecular formula is C22H32N2O3. The molecule has 0 radical (unpaired) electrons. The van der Waals surface area contributed by atoms with Crippen LogP contribution in [-0.4, -0.2) is 54.8 Å². The molecule has 0 aromatic heterocycles. The molecule has 27 heavy (non-hydrogen) atoms. The second kappa shape index (κ2) is 9.07. The minimum absolute atomic E-state index is 0.0670. The molecule has 1 amide bonds. The maximum atomic E-state index is 13.1. The zero-order valence-electron chi connectivity index (χ0n) is 16.1. The highest BCUT2D eigenvalue weighted by Gasteiger charge is 2.42. The Morgan fingerprint density at radius 1 is 1.04 bits per heavy atom. The lowest BCUT2D eigenvalue weighted by molar-refractivity contribution is -0.127. The van der Waals surface area contributed by atoms with Crippen molar-refractivity contribution in [1.29, 1.82) is 0 Å².